The van der Waals surface area contributed by atoms with Crippen molar-refractivity contribution in [1.82, 2.24) is 0 Å². The summed E-state index contributed by atoms with van der Waals surface area (Å²) >= 11 is 1.77. The van der Waals surface area contributed by atoms with Crippen LogP contribution in [0.25, 0.3) is 0 Å². The lowest BCUT2D eigenvalue weighted by Gasteiger charge is -2.37. The van der Waals surface area contributed by atoms with Crippen molar-refractivity contribution >= 4 is 17.7 Å². The number of benzene rings is 3. The number of aromatic hydroxyl groups is 1. The third kappa shape index (κ3) is 6.44. The molecule has 0 aliphatic rings. The van der Waals surface area contributed by atoms with Crippen LogP contribution in [0.15, 0.2) is 78.9 Å². The molecule has 0 saturated heterocycles. The lowest BCUT2D eigenvalue weighted by atomic mass is 9.80. The van der Waals surface area contributed by atoms with Gasteiger partial charge in [0.05, 0.1) is 4.75 Å². The third-order valence-electron chi connectivity index (χ3n) is 6.28. The van der Waals surface area contributed by atoms with Gasteiger partial charge in [0.2, 0.25) is 0 Å². The normalized spacial score (nSPS) is 11.4. The van der Waals surface area contributed by atoms with E-state index in [2.05, 4.69) is 61.5 Å². The highest BCUT2D eigenvalue weighted by atomic mass is 32.2. The van der Waals surface area contributed by atoms with Crippen molar-refractivity contribution < 1.29 is 15.0 Å². The van der Waals surface area contributed by atoms with Crippen LogP contribution >= 0.6 is 11.8 Å². The van der Waals surface area contributed by atoms with Crippen LogP contribution in [0.3, 0.4) is 0 Å². The van der Waals surface area contributed by atoms with E-state index in [9.17, 15) is 15.0 Å². The van der Waals surface area contributed by atoms with Gasteiger partial charge in [0.1, 0.15) is 5.75 Å². The van der Waals surface area contributed by atoms with Crippen molar-refractivity contribution in [3.63, 3.8) is 0 Å². The Bertz CT molecular complexity index is 978. The third-order valence-corrected chi connectivity index (χ3v) is 7.89. The highest BCUT2D eigenvalue weighted by Gasteiger charge is 2.39. The molecule has 0 radical (unpaired) electrons. The van der Waals surface area contributed by atoms with E-state index in [0.29, 0.717) is 17.9 Å². The van der Waals surface area contributed by atoms with E-state index in [1.807, 2.05) is 18.2 Å². The Morgan fingerprint density at radius 1 is 0.794 bits per heavy atom. The average Bonchev–Trinajstić information content (AvgIpc) is 2.86. The standard InChI is InChI=1S/C30H36O3S/c1-2-3-4-5-12-19-26-27(20-13-21-28(26)31)30(24-15-8-6-9-16-24,25-17-10-7-11-18-25)34-23-14-22-29(32)33/h6-11,13,15-18,20-21,31H,2-5,12,14,19,22-23H2,1H3,(H,32,33). The van der Waals surface area contributed by atoms with Crippen molar-refractivity contribution in [3.05, 3.63) is 101 Å². The zero-order chi connectivity index (χ0) is 24.2. The molecule has 0 atom stereocenters. The van der Waals surface area contributed by atoms with Crippen LogP contribution in [0.2, 0.25) is 0 Å². The fourth-order valence-corrected chi connectivity index (χ4v) is 6.14. The zero-order valence-electron chi connectivity index (χ0n) is 20.1. The lowest BCUT2D eigenvalue weighted by Crippen LogP contribution is -2.28. The minimum Gasteiger partial charge on any atom is -0.508 e. The maximum Gasteiger partial charge on any atom is 0.303 e. The molecule has 0 amide bonds. The van der Waals surface area contributed by atoms with Crippen LogP contribution in [0.4, 0.5) is 0 Å². The summed E-state index contributed by atoms with van der Waals surface area (Å²) in [4.78, 5) is 11.2. The fraction of sp³-hybridized carbons (Fsp3) is 0.367. The first-order valence-corrected chi connectivity index (χ1v) is 13.4. The highest BCUT2D eigenvalue weighted by Crippen LogP contribution is 2.51. The Hall–Kier alpha value is -2.72. The predicted octanol–water partition coefficient (Wildman–Crippen LogP) is 7.80. The second-order valence-electron chi connectivity index (χ2n) is 8.73. The Kier molecular flexibility index (Phi) is 10.1. The number of phenolic OH excluding ortho intramolecular Hbond substituents is 1. The fourth-order valence-electron chi connectivity index (χ4n) is 4.59. The number of rotatable bonds is 14. The Balaban J connectivity index is 2.11. The number of carboxylic acids is 1. The monoisotopic (exact) mass is 476 g/mol. The van der Waals surface area contributed by atoms with E-state index < -0.39 is 10.7 Å². The number of phenols is 1. The zero-order valence-corrected chi connectivity index (χ0v) is 20.9. The summed E-state index contributed by atoms with van der Waals surface area (Å²) in [5.74, 6) is 0.271. The van der Waals surface area contributed by atoms with Gasteiger partial charge in [0, 0.05) is 6.42 Å². The second kappa shape index (κ2) is 13.2. The van der Waals surface area contributed by atoms with Crippen molar-refractivity contribution in [2.24, 2.45) is 0 Å². The summed E-state index contributed by atoms with van der Waals surface area (Å²) in [6, 6.07) is 26.7. The van der Waals surface area contributed by atoms with Gasteiger partial charge >= 0.3 is 5.97 Å². The second-order valence-corrected chi connectivity index (χ2v) is 10.0. The molecule has 180 valence electrons. The van der Waals surface area contributed by atoms with Gasteiger partial charge in [0.15, 0.2) is 0 Å². The number of aliphatic carboxylic acids is 1. The SMILES string of the molecule is CCCCCCCc1c(O)cccc1C(SCCCC(=O)O)(c1ccccc1)c1ccccc1. The van der Waals surface area contributed by atoms with Crippen LogP contribution in [-0.4, -0.2) is 21.9 Å². The van der Waals surface area contributed by atoms with Gasteiger partial charge in [-0.25, -0.2) is 0 Å². The first kappa shape index (κ1) is 25.9. The molecule has 0 bridgehead atoms. The van der Waals surface area contributed by atoms with E-state index in [1.165, 1.54) is 19.3 Å². The van der Waals surface area contributed by atoms with Crippen LogP contribution in [-0.2, 0) is 16.0 Å². The van der Waals surface area contributed by atoms with E-state index >= 15 is 0 Å². The van der Waals surface area contributed by atoms with E-state index in [1.54, 1.807) is 17.8 Å². The first-order chi connectivity index (χ1) is 16.6. The maximum absolute atomic E-state index is 11.2. The average molecular weight is 477 g/mol. The molecule has 3 nitrogen and oxygen atoms in total. The molecule has 0 spiro atoms. The van der Waals surface area contributed by atoms with Crippen molar-refractivity contribution in [3.8, 4) is 5.75 Å². The van der Waals surface area contributed by atoms with Crippen molar-refractivity contribution in [2.45, 2.75) is 63.0 Å². The number of thioether (sulfide) groups is 1. The van der Waals surface area contributed by atoms with Gasteiger partial charge < -0.3 is 10.2 Å². The van der Waals surface area contributed by atoms with Gasteiger partial charge in [0.25, 0.3) is 0 Å². The number of unbranched alkanes of at least 4 members (excludes halogenated alkanes) is 4. The van der Waals surface area contributed by atoms with Crippen LogP contribution < -0.4 is 0 Å². The topological polar surface area (TPSA) is 57.5 Å². The Labute approximate surface area is 208 Å². The Morgan fingerprint density at radius 3 is 2.00 bits per heavy atom. The van der Waals surface area contributed by atoms with Gasteiger partial charge in [-0.05, 0) is 53.3 Å². The quantitative estimate of drug-likeness (QED) is 0.184. The molecule has 3 aromatic rings. The van der Waals surface area contributed by atoms with E-state index in [4.69, 9.17) is 0 Å². The summed E-state index contributed by atoms with van der Waals surface area (Å²) in [6.07, 6.45) is 7.41. The summed E-state index contributed by atoms with van der Waals surface area (Å²) in [5.41, 5.74) is 4.37. The molecule has 0 fully saturated rings. The number of hydrogen-bond acceptors (Lipinski definition) is 3. The van der Waals surface area contributed by atoms with E-state index in [0.717, 1.165) is 41.5 Å². The smallest absolute Gasteiger partial charge is 0.303 e. The minimum absolute atomic E-state index is 0.150. The lowest BCUT2D eigenvalue weighted by molar-refractivity contribution is -0.137. The molecular weight excluding hydrogens is 440 g/mol. The summed E-state index contributed by atoms with van der Waals surface area (Å²) in [5, 5.41) is 20.2. The molecule has 34 heavy (non-hydrogen) atoms. The number of carboxylic acid groups (broad SMARTS) is 1. The Morgan fingerprint density at radius 2 is 1.41 bits per heavy atom. The molecule has 0 saturated carbocycles. The number of hydrogen-bond donors (Lipinski definition) is 2. The molecule has 2 N–H and O–H groups in total. The molecule has 3 rings (SSSR count). The van der Waals surface area contributed by atoms with Crippen LogP contribution in [0.1, 0.15) is 74.1 Å². The van der Waals surface area contributed by atoms with Gasteiger partial charge in [-0.1, -0.05) is 105 Å². The highest BCUT2D eigenvalue weighted by molar-refractivity contribution is 8.00. The first-order valence-electron chi connectivity index (χ1n) is 12.4. The van der Waals surface area contributed by atoms with E-state index in [-0.39, 0.29) is 6.42 Å². The molecule has 0 heterocycles. The molecule has 3 aromatic carbocycles. The van der Waals surface area contributed by atoms with Crippen LogP contribution in [0.5, 0.6) is 5.75 Å². The molecule has 0 aliphatic heterocycles. The van der Waals surface area contributed by atoms with Gasteiger partial charge in [-0.3, -0.25) is 4.79 Å². The molecule has 0 unspecified atom stereocenters. The number of carbonyl (C=O) groups is 1. The van der Waals surface area contributed by atoms with Crippen molar-refractivity contribution in [1.29, 1.82) is 0 Å². The minimum atomic E-state index is -0.768. The summed E-state index contributed by atoms with van der Waals surface area (Å²) in [6.45, 7) is 2.22. The molecular formula is C30H36O3S. The maximum atomic E-state index is 11.2. The van der Waals surface area contributed by atoms with Crippen LogP contribution in [0, 0.1) is 0 Å². The predicted molar refractivity (Wildman–Crippen MR) is 143 cm³/mol. The van der Waals surface area contributed by atoms with Gasteiger partial charge in [-0.2, -0.15) is 0 Å². The molecule has 0 aliphatic carbocycles. The van der Waals surface area contributed by atoms with Gasteiger partial charge in [-0.15, -0.1) is 11.8 Å². The molecule has 4 heteroatoms. The molecule has 0 aromatic heterocycles. The summed E-state index contributed by atoms with van der Waals surface area (Å²) < 4.78 is -0.543. The largest absolute Gasteiger partial charge is 0.508 e. The van der Waals surface area contributed by atoms with Crippen molar-refractivity contribution in [2.75, 3.05) is 5.75 Å². The summed E-state index contributed by atoms with van der Waals surface area (Å²) in [7, 11) is 0.